The molecule has 0 spiro atoms. The zero-order valence-corrected chi connectivity index (χ0v) is 17.1. The van der Waals surface area contributed by atoms with Gasteiger partial charge in [0.25, 0.3) is 0 Å². The predicted molar refractivity (Wildman–Crippen MR) is 103 cm³/mol. The topological polar surface area (TPSA) is 105 Å². The lowest BCUT2D eigenvalue weighted by atomic mass is 9.92. The number of nitrogens with zero attached hydrogens (tertiary/aromatic N) is 1. The number of benzene rings is 1. The summed E-state index contributed by atoms with van der Waals surface area (Å²) in [5.74, 6) is -1.60. The predicted octanol–water partition coefficient (Wildman–Crippen LogP) is 1.14. The zero-order valence-electron chi connectivity index (χ0n) is 15.5. The summed E-state index contributed by atoms with van der Waals surface area (Å²) < 4.78 is 30.2. The maximum Gasteiger partial charge on any atom is 0.313 e. The van der Waals surface area contributed by atoms with E-state index < -0.39 is 27.4 Å². The summed E-state index contributed by atoms with van der Waals surface area (Å²) in [5, 5.41) is 5.60. The van der Waals surface area contributed by atoms with E-state index in [9.17, 15) is 18.0 Å². The Morgan fingerprint density at radius 1 is 1.26 bits per heavy atom. The highest BCUT2D eigenvalue weighted by Crippen LogP contribution is 2.26. The molecule has 0 aliphatic carbocycles. The molecule has 1 heterocycles. The summed E-state index contributed by atoms with van der Waals surface area (Å²) in [6.45, 7) is 2.46. The van der Waals surface area contributed by atoms with E-state index >= 15 is 0 Å². The SMILES string of the molecule is COC1(CNC(=O)C(=O)Nc2cccc(Cl)c2C)CCN(S(C)(=O)=O)CC1. The molecular weight excluding hydrogens is 394 g/mol. The van der Waals surface area contributed by atoms with E-state index in [-0.39, 0.29) is 6.54 Å². The molecule has 150 valence electrons. The molecule has 8 nitrogen and oxygen atoms in total. The number of sulfonamides is 1. The number of halogens is 1. The van der Waals surface area contributed by atoms with Gasteiger partial charge in [0.15, 0.2) is 0 Å². The highest BCUT2D eigenvalue weighted by molar-refractivity contribution is 7.88. The Morgan fingerprint density at radius 3 is 2.44 bits per heavy atom. The van der Waals surface area contributed by atoms with Crippen LogP contribution < -0.4 is 10.6 Å². The van der Waals surface area contributed by atoms with E-state index in [4.69, 9.17) is 16.3 Å². The van der Waals surface area contributed by atoms with Crippen molar-refractivity contribution in [1.29, 1.82) is 0 Å². The maximum atomic E-state index is 12.2. The van der Waals surface area contributed by atoms with E-state index in [0.29, 0.717) is 42.2 Å². The first kappa shape index (κ1) is 21.6. The molecule has 1 fully saturated rings. The molecule has 10 heteroatoms. The fourth-order valence-electron chi connectivity index (χ4n) is 2.92. The second-order valence-electron chi connectivity index (χ2n) is 6.60. The molecule has 1 aliphatic rings. The molecule has 1 aromatic carbocycles. The van der Waals surface area contributed by atoms with Crippen molar-refractivity contribution in [2.24, 2.45) is 0 Å². The molecular formula is C17H24ClN3O5S. The molecule has 0 bridgehead atoms. The van der Waals surface area contributed by atoms with Crippen molar-refractivity contribution < 1.29 is 22.7 Å². The van der Waals surface area contributed by atoms with Crippen molar-refractivity contribution in [1.82, 2.24) is 9.62 Å². The summed E-state index contributed by atoms with van der Waals surface area (Å²) >= 11 is 6.01. The lowest BCUT2D eigenvalue weighted by molar-refractivity contribution is -0.137. The van der Waals surface area contributed by atoms with Crippen LogP contribution in [0.4, 0.5) is 5.69 Å². The number of anilines is 1. The van der Waals surface area contributed by atoms with E-state index in [1.54, 1.807) is 25.1 Å². The summed E-state index contributed by atoms with van der Waals surface area (Å²) in [6, 6.07) is 5.03. The van der Waals surface area contributed by atoms with Gasteiger partial charge in [-0.15, -0.1) is 0 Å². The van der Waals surface area contributed by atoms with Gasteiger partial charge in [-0.2, -0.15) is 0 Å². The lowest BCUT2D eigenvalue weighted by Crippen LogP contribution is -2.54. The van der Waals surface area contributed by atoms with Crippen molar-refractivity contribution in [2.45, 2.75) is 25.4 Å². The van der Waals surface area contributed by atoms with Crippen molar-refractivity contribution in [2.75, 3.05) is 38.3 Å². The fraction of sp³-hybridized carbons (Fsp3) is 0.529. The molecule has 0 radical (unpaired) electrons. The van der Waals surface area contributed by atoms with Crippen LogP contribution in [0.3, 0.4) is 0 Å². The quantitative estimate of drug-likeness (QED) is 0.699. The van der Waals surface area contributed by atoms with Gasteiger partial charge in [-0.05, 0) is 37.5 Å². The standard InChI is InChI=1S/C17H24ClN3O5S/c1-12-13(18)5-4-6-14(12)20-16(23)15(22)19-11-17(26-2)7-9-21(10-8-17)27(3,24)25/h4-6H,7-11H2,1-3H3,(H,19,22)(H,20,23). The van der Waals surface area contributed by atoms with Crippen LogP contribution in [-0.4, -0.2) is 63.1 Å². The van der Waals surface area contributed by atoms with E-state index in [0.717, 1.165) is 6.26 Å². The van der Waals surface area contributed by atoms with Crippen LogP contribution in [0, 0.1) is 6.92 Å². The second-order valence-corrected chi connectivity index (χ2v) is 8.99. The highest BCUT2D eigenvalue weighted by Gasteiger charge is 2.37. The van der Waals surface area contributed by atoms with Crippen LogP contribution in [-0.2, 0) is 24.3 Å². The van der Waals surface area contributed by atoms with Crippen molar-refractivity contribution in [3.8, 4) is 0 Å². The van der Waals surface area contributed by atoms with Gasteiger partial charge < -0.3 is 15.4 Å². The van der Waals surface area contributed by atoms with Gasteiger partial charge in [0.05, 0.1) is 11.9 Å². The van der Waals surface area contributed by atoms with Crippen LogP contribution in [0.1, 0.15) is 18.4 Å². The molecule has 2 amide bonds. The number of rotatable bonds is 5. The molecule has 0 saturated carbocycles. The fourth-order valence-corrected chi connectivity index (χ4v) is 3.94. The molecule has 27 heavy (non-hydrogen) atoms. The van der Waals surface area contributed by atoms with Gasteiger partial charge >= 0.3 is 11.8 Å². The Hall–Kier alpha value is -1.68. The third-order valence-corrected chi connectivity index (χ3v) is 6.54. The van der Waals surface area contributed by atoms with Gasteiger partial charge in [0.2, 0.25) is 10.0 Å². The van der Waals surface area contributed by atoms with E-state index in [1.807, 2.05) is 0 Å². The molecule has 2 N–H and O–H groups in total. The first-order valence-electron chi connectivity index (χ1n) is 8.42. The molecule has 0 unspecified atom stereocenters. The molecule has 1 saturated heterocycles. The third kappa shape index (κ3) is 5.41. The van der Waals surface area contributed by atoms with E-state index in [2.05, 4.69) is 10.6 Å². The Morgan fingerprint density at radius 2 is 1.89 bits per heavy atom. The number of hydrogen-bond acceptors (Lipinski definition) is 5. The van der Waals surface area contributed by atoms with Crippen LogP contribution in [0.2, 0.25) is 5.02 Å². The molecule has 1 aliphatic heterocycles. The van der Waals surface area contributed by atoms with E-state index in [1.165, 1.54) is 11.4 Å². The Labute approximate surface area is 164 Å². The average Bonchev–Trinajstić information content (AvgIpc) is 2.63. The van der Waals surface area contributed by atoms with Crippen LogP contribution in [0.15, 0.2) is 18.2 Å². The minimum absolute atomic E-state index is 0.113. The van der Waals surface area contributed by atoms with Crippen LogP contribution in [0.5, 0.6) is 0 Å². The van der Waals surface area contributed by atoms with Gasteiger partial charge in [0.1, 0.15) is 0 Å². The minimum Gasteiger partial charge on any atom is -0.376 e. The van der Waals surface area contributed by atoms with Gasteiger partial charge in [-0.1, -0.05) is 17.7 Å². The molecule has 0 atom stereocenters. The highest BCUT2D eigenvalue weighted by atomic mass is 35.5. The van der Waals surface area contributed by atoms with Gasteiger partial charge in [-0.3, -0.25) is 9.59 Å². The Balaban J connectivity index is 1.93. The minimum atomic E-state index is -3.26. The number of carbonyl (C=O) groups is 2. The molecule has 0 aromatic heterocycles. The monoisotopic (exact) mass is 417 g/mol. The first-order valence-corrected chi connectivity index (χ1v) is 10.7. The largest absolute Gasteiger partial charge is 0.376 e. The summed E-state index contributed by atoms with van der Waals surface area (Å²) in [7, 11) is -1.74. The van der Waals surface area contributed by atoms with Crippen molar-refractivity contribution in [3.05, 3.63) is 28.8 Å². The number of methoxy groups -OCH3 is 1. The van der Waals surface area contributed by atoms with Crippen molar-refractivity contribution >= 4 is 39.1 Å². The maximum absolute atomic E-state index is 12.2. The number of hydrogen-bond donors (Lipinski definition) is 2. The normalized spacial score (nSPS) is 17.3. The first-order chi connectivity index (χ1) is 12.6. The van der Waals surface area contributed by atoms with Crippen LogP contribution >= 0.6 is 11.6 Å². The van der Waals surface area contributed by atoms with Gasteiger partial charge in [-0.25, -0.2) is 12.7 Å². The Bertz CT molecular complexity index is 820. The Kier molecular flexibility index (Phi) is 6.85. The van der Waals surface area contributed by atoms with Gasteiger partial charge in [0, 0.05) is 37.5 Å². The summed E-state index contributed by atoms with van der Waals surface area (Å²) in [4.78, 5) is 24.3. The van der Waals surface area contributed by atoms with Crippen molar-refractivity contribution in [3.63, 3.8) is 0 Å². The summed E-state index contributed by atoms with van der Waals surface area (Å²) in [6.07, 6.45) is 2.01. The molecule has 1 aromatic rings. The zero-order chi connectivity index (χ0) is 20.2. The number of nitrogens with one attached hydrogen (secondary N) is 2. The third-order valence-electron chi connectivity index (χ3n) is 4.83. The number of piperidine rings is 1. The summed E-state index contributed by atoms with van der Waals surface area (Å²) in [5.41, 5.74) is 0.427. The molecule has 2 rings (SSSR count). The number of amides is 2. The second kappa shape index (κ2) is 8.55. The van der Waals surface area contributed by atoms with Crippen LogP contribution in [0.25, 0.3) is 0 Å². The lowest BCUT2D eigenvalue weighted by Gasteiger charge is -2.39. The number of carbonyl (C=O) groups excluding carboxylic acids is 2. The average molecular weight is 418 g/mol. The smallest absolute Gasteiger partial charge is 0.313 e. The number of ether oxygens (including phenoxy) is 1.